The summed E-state index contributed by atoms with van der Waals surface area (Å²) in [7, 11) is 1.26. The second kappa shape index (κ2) is 10.3. The molecule has 0 radical (unpaired) electrons. The summed E-state index contributed by atoms with van der Waals surface area (Å²) in [5.74, 6) is -1.12. The zero-order chi connectivity index (χ0) is 26.8. The number of rotatable bonds is 5. The second-order valence-corrected chi connectivity index (χ2v) is 8.60. The van der Waals surface area contributed by atoms with Crippen molar-refractivity contribution in [3.8, 4) is 0 Å². The highest BCUT2D eigenvalue weighted by Crippen LogP contribution is 2.35. The fourth-order valence-electron chi connectivity index (χ4n) is 3.94. The number of nitrogens with one attached hydrogen (secondary N) is 3. The molecule has 12 heteroatoms. The fraction of sp³-hybridized carbons (Fsp3) is 0.115. The van der Waals surface area contributed by atoms with Crippen molar-refractivity contribution >= 4 is 52.4 Å². The Morgan fingerprint density at radius 1 is 1.16 bits per heavy atom. The molecule has 38 heavy (non-hydrogen) atoms. The number of hydrogen-bond donors (Lipinski definition) is 3. The Bertz CT molecular complexity index is 1630. The maximum atomic E-state index is 13.6. The van der Waals surface area contributed by atoms with E-state index in [1.807, 2.05) is 0 Å². The topological polar surface area (TPSA) is 131 Å². The van der Waals surface area contributed by atoms with Gasteiger partial charge >= 0.3 is 12.0 Å². The molecule has 0 saturated carbocycles. The van der Waals surface area contributed by atoms with E-state index in [2.05, 4.69) is 30.9 Å². The fourth-order valence-corrected chi connectivity index (χ4v) is 4.18. The Balaban J connectivity index is 1.47. The third-order valence-corrected chi connectivity index (χ3v) is 6.03. The highest BCUT2D eigenvalue weighted by molar-refractivity contribution is 6.31. The zero-order valence-corrected chi connectivity index (χ0v) is 20.8. The third-order valence-electron chi connectivity index (χ3n) is 5.68. The normalized spacial score (nSPS) is 15.1. The van der Waals surface area contributed by atoms with Gasteiger partial charge in [0.1, 0.15) is 23.2 Å². The lowest BCUT2D eigenvalue weighted by Gasteiger charge is -2.26. The van der Waals surface area contributed by atoms with Crippen LogP contribution in [0.2, 0.25) is 5.02 Å². The Kier molecular flexibility index (Phi) is 6.75. The van der Waals surface area contributed by atoms with Crippen LogP contribution in [0.25, 0.3) is 11.1 Å². The Labute approximate surface area is 220 Å². The minimum Gasteiger partial charge on any atom is -0.465 e. The lowest BCUT2D eigenvalue weighted by molar-refractivity contribution is -0.113. The first kappa shape index (κ1) is 24.9. The summed E-state index contributed by atoms with van der Waals surface area (Å²) in [6.45, 7) is 1.70. The number of oxazole rings is 1. The minimum atomic E-state index is -0.821. The van der Waals surface area contributed by atoms with Gasteiger partial charge in [0.15, 0.2) is 5.58 Å². The number of hydrogen-bond acceptors (Lipinski definition) is 9. The molecule has 0 saturated heterocycles. The first-order valence-electron chi connectivity index (χ1n) is 11.3. The molecule has 1 atom stereocenters. The monoisotopic (exact) mass is 534 g/mol. The first-order chi connectivity index (χ1) is 18.3. The maximum Gasteiger partial charge on any atom is 0.338 e. The Hall–Kier alpha value is -4.77. The predicted molar refractivity (Wildman–Crippen MR) is 139 cm³/mol. The highest BCUT2D eigenvalue weighted by atomic mass is 35.5. The highest BCUT2D eigenvalue weighted by Gasteiger charge is 2.31. The number of nitrogens with zero attached hydrogens (tertiary/aromatic N) is 3. The number of guanidine groups is 1. The van der Waals surface area contributed by atoms with Crippen LogP contribution in [-0.4, -0.2) is 34.9 Å². The summed E-state index contributed by atoms with van der Waals surface area (Å²) < 4.78 is 23.9. The zero-order valence-electron chi connectivity index (χ0n) is 20.1. The number of methoxy groups -OCH3 is 1. The van der Waals surface area contributed by atoms with Gasteiger partial charge in [0.25, 0.3) is 5.91 Å². The van der Waals surface area contributed by atoms with Crippen molar-refractivity contribution in [3.05, 3.63) is 94.0 Å². The van der Waals surface area contributed by atoms with Crippen LogP contribution >= 0.6 is 11.6 Å². The minimum absolute atomic E-state index is 0.0827. The van der Waals surface area contributed by atoms with E-state index < -0.39 is 23.7 Å². The molecule has 3 heterocycles. The van der Waals surface area contributed by atoms with Crippen LogP contribution in [0.4, 0.5) is 16.2 Å². The maximum absolute atomic E-state index is 13.6. The number of esters is 1. The van der Waals surface area contributed by atoms with Gasteiger partial charge in [-0.1, -0.05) is 29.8 Å². The molecule has 5 rings (SSSR count). The standard InChI is InChI=1S/C26H20ClFN6O4/c1-13-21(23(35)32-20-11-14(9-10-29-20)24(36)37-2)22(16-5-3-4-6-17(16)27)33-25(30-13)34-26-31-18-8-7-15(28)12-19(18)38-26/h3-12,22H,1-2H3,(H,29,32,35)(H2,30,31,33,34)/t22-/m1/s1. The first-order valence-corrected chi connectivity index (χ1v) is 11.7. The van der Waals surface area contributed by atoms with Gasteiger partial charge in [-0.2, -0.15) is 4.98 Å². The van der Waals surface area contributed by atoms with Crippen LogP contribution in [0.1, 0.15) is 28.9 Å². The summed E-state index contributed by atoms with van der Waals surface area (Å²) in [6.07, 6.45) is 1.39. The van der Waals surface area contributed by atoms with Gasteiger partial charge in [0.05, 0.1) is 18.2 Å². The number of benzene rings is 2. The van der Waals surface area contributed by atoms with Crippen molar-refractivity contribution in [1.82, 2.24) is 15.3 Å². The molecule has 1 aliphatic rings. The van der Waals surface area contributed by atoms with E-state index in [1.54, 1.807) is 31.2 Å². The molecule has 4 aromatic rings. The van der Waals surface area contributed by atoms with E-state index >= 15 is 0 Å². The molecule has 1 aliphatic heterocycles. The molecule has 0 fully saturated rings. The van der Waals surface area contributed by atoms with Crippen molar-refractivity contribution in [2.75, 3.05) is 17.7 Å². The van der Waals surface area contributed by atoms with Gasteiger partial charge in [-0.05, 0) is 37.3 Å². The lowest BCUT2D eigenvalue weighted by Crippen LogP contribution is -2.37. The van der Waals surface area contributed by atoms with Gasteiger partial charge < -0.3 is 19.8 Å². The quantitative estimate of drug-likeness (QED) is 0.310. The van der Waals surface area contributed by atoms with Gasteiger partial charge in [-0.15, -0.1) is 0 Å². The summed E-state index contributed by atoms with van der Waals surface area (Å²) in [5, 5.41) is 9.10. The summed E-state index contributed by atoms with van der Waals surface area (Å²) in [4.78, 5) is 38.5. The molecule has 1 amide bonds. The molecule has 0 unspecified atom stereocenters. The van der Waals surface area contributed by atoms with Gasteiger partial charge in [0, 0.05) is 28.5 Å². The number of aliphatic imine (C=N–C) groups is 1. The number of anilines is 2. The van der Waals surface area contributed by atoms with Crippen LogP contribution in [0.5, 0.6) is 0 Å². The van der Waals surface area contributed by atoms with Gasteiger partial charge in [-0.25, -0.2) is 19.2 Å². The predicted octanol–water partition coefficient (Wildman–Crippen LogP) is 4.83. The van der Waals surface area contributed by atoms with E-state index in [-0.39, 0.29) is 34.5 Å². The van der Waals surface area contributed by atoms with E-state index in [9.17, 15) is 14.0 Å². The van der Waals surface area contributed by atoms with Crippen molar-refractivity contribution in [3.63, 3.8) is 0 Å². The number of ether oxygens (including phenoxy) is 1. The number of fused-ring (bicyclic) bond motifs is 1. The molecule has 0 spiro atoms. The van der Waals surface area contributed by atoms with Crippen LogP contribution in [0.15, 0.2) is 81.5 Å². The van der Waals surface area contributed by atoms with E-state index in [4.69, 9.17) is 20.8 Å². The number of carbonyl (C=O) groups excluding carboxylic acids is 2. The van der Waals surface area contributed by atoms with Crippen molar-refractivity contribution in [1.29, 1.82) is 0 Å². The molecule has 2 aromatic heterocycles. The van der Waals surface area contributed by atoms with E-state index in [1.165, 1.54) is 43.6 Å². The third kappa shape index (κ3) is 5.04. The molecule has 0 bridgehead atoms. The lowest BCUT2D eigenvalue weighted by atomic mass is 9.95. The van der Waals surface area contributed by atoms with Crippen LogP contribution in [0, 0.1) is 5.82 Å². The second-order valence-electron chi connectivity index (χ2n) is 8.20. The average molecular weight is 535 g/mol. The van der Waals surface area contributed by atoms with Crippen molar-refractivity contribution in [2.45, 2.75) is 13.0 Å². The SMILES string of the molecule is COC(=O)c1ccnc(NC(=O)C2=C(C)NC(Nc3nc4ccc(F)cc4o3)=N[C@@H]2c2ccccc2Cl)c1. The van der Waals surface area contributed by atoms with Crippen LogP contribution in [-0.2, 0) is 9.53 Å². The number of allylic oxidation sites excluding steroid dienone is 1. The molecular weight excluding hydrogens is 515 g/mol. The number of amides is 1. The number of pyridine rings is 1. The summed E-state index contributed by atoms with van der Waals surface area (Å²) in [6, 6.07) is 13.2. The molecule has 10 nitrogen and oxygen atoms in total. The Morgan fingerprint density at radius 3 is 2.76 bits per heavy atom. The molecule has 0 aliphatic carbocycles. The van der Waals surface area contributed by atoms with Gasteiger partial charge in [0.2, 0.25) is 5.96 Å². The Morgan fingerprint density at radius 2 is 1.97 bits per heavy atom. The molecular formula is C26H20ClFN6O4. The molecule has 3 N–H and O–H groups in total. The molecule has 2 aromatic carbocycles. The van der Waals surface area contributed by atoms with Crippen LogP contribution < -0.4 is 16.0 Å². The number of carbonyl (C=O) groups is 2. The van der Waals surface area contributed by atoms with Crippen molar-refractivity contribution in [2.24, 2.45) is 4.99 Å². The summed E-state index contributed by atoms with van der Waals surface area (Å²) >= 11 is 6.49. The van der Waals surface area contributed by atoms with Crippen molar-refractivity contribution < 1.29 is 23.1 Å². The molecule has 192 valence electrons. The smallest absolute Gasteiger partial charge is 0.338 e. The van der Waals surface area contributed by atoms with E-state index in [0.29, 0.717) is 21.8 Å². The number of halogens is 2. The van der Waals surface area contributed by atoms with Gasteiger partial charge in [-0.3, -0.25) is 10.1 Å². The van der Waals surface area contributed by atoms with Crippen LogP contribution in [0.3, 0.4) is 0 Å². The summed E-state index contributed by atoms with van der Waals surface area (Å²) in [5.41, 5.74) is 2.28. The van der Waals surface area contributed by atoms with E-state index in [0.717, 1.165) is 0 Å². The number of aromatic nitrogens is 2. The largest absolute Gasteiger partial charge is 0.465 e. The average Bonchev–Trinajstić information content (AvgIpc) is 3.29.